The fourth-order valence-corrected chi connectivity index (χ4v) is 5.22. The predicted octanol–water partition coefficient (Wildman–Crippen LogP) is 2.37. The molecule has 0 spiro atoms. The Morgan fingerprint density at radius 3 is 2.24 bits per heavy atom. The predicted molar refractivity (Wildman–Crippen MR) is 114 cm³/mol. The molecule has 0 unspecified atom stereocenters. The van der Waals surface area contributed by atoms with Gasteiger partial charge in [0.25, 0.3) is 5.91 Å². The number of carbonyl (C=O) groups excluding carboxylic acids is 1. The van der Waals surface area contributed by atoms with Gasteiger partial charge in [-0.3, -0.25) is 4.79 Å². The summed E-state index contributed by atoms with van der Waals surface area (Å²) in [6.45, 7) is 5.74. The third-order valence-corrected chi connectivity index (χ3v) is 7.21. The van der Waals surface area contributed by atoms with Crippen molar-refractivity contribution in [1.29, 1.82) is 0 Å². The highest BCUT2D eigenvalue weighted by Gasteiger charge is 2.27. The first-order chi connectivity index (χ1) is 13.9. The molecular weight excluding hydrogens is 386 g/mol. The third kappa shape index (κ3) is 5.44. The Kier molecular flexibility index (Phi) is 7.05. The highest BCUT2D eigenvalue weighted by Crippen LogP contribution is 2.22. The van der Waals surface area contributed by atoms with Gasteiger partial charge in [-0.1, -0.05) is 44.2 Å². The second-order valence-corrected chi connectivity index (χ2v) is 9.74. The van der Waals surface area contributed by atoms with E-state index in [9.17, 15) is 13.2 Å². The van der Waals surface area contributed by atoms with Gasteiger partial charge in [0.15, 0.2) is 6.54 Å². The SMILES string of the molecule is CC(C)[C@H]([NH2+]CC(=O)Nc1ccc(S(=O)(=O)N2CCCC2)cc1)c1ccccc1. The number of carbonyl (C=O) groups is 1. The van der Waals surface area contributed by atoms with Crippen LogP contribution in [-0.4, -0.2) is 38.3 Å². The second kappa shape index (κ2) is 9.52. The summed E-state index contributed by atoms with van der Waals surface area (Å²) in [6, 6.07) is 16.8. The molecule has 6 nitrogen and oxygen atoms in total. The number of benzene rings is 2. The maximum atomic E-state index is 12.6. The number of rotatable bonds is 8. The molecule has 1 saturated heterocycles. The van der Waals surface area contributed by atoms with Gasteiger partial charge in [-0.15, -0.1) is 0 Å². The zero-order valence-electron chi connectivity index (χ0n) is 17.0. The lowest BCUT2D eigenvalue weighted by atomic mass is 9.96. The van der Waals surface area contributed by atoms with Crippen molar-refractivity contribution in [3.8, 4) is 0 Å². The fourth-order valence-electron chi connectivity index (χ4n) is 3.70. The molecule has 0 saturated carbocycles. The molecule has 3 rings (SSSR count). The van der Waals surface area contributed by atoms with Gasteiger partial charge in [-0.05, 0) is 37.1 Å². The Morgan fingerprint density at radius 1 is 1.03 bits per heavy atom. The van der Waals surface area contributed by atoms with E-state index < -0.39 is 10.0 Å². The minimum atomic E-state index is -3.43. The van der Waals surface area contributed by atoms with E-state index in [0.29, 0.717) is 31.2 Å². The Bertz CT molecular complexity index is 906. The molecular formula is C22H30N3O3S+. The summed E-state index contributed by atoms with van der Waals surface area (Å²) in [5.41, 5.74) is 1.80. The lowest BCUT2D eigenvalue weighted by Crippen LogP contribution is -2.88. The topological polar surface area (TPSA) is 83.1 Å². The molecule has 3 N–H and O–H groups in total. The molecule has 0 bridgehead atoms. The first-order valence-corrected chi connectivity index (χ1v) is 11.6. The fraction of sp³-hybridized carbons (Fsp3) is 0.409. The van der Waals surface area contributed by atoms with E-state index in [0.717, 1.165) is 12.8 Å². The zero-order chi connectivity index (χ0) is 20.9. The molecule has 1 aliphatic rings. The van der Waals surface area contributed by atoms with Gasteiger partial charge < -0.3 is 10.6 Å². The smallest absolute Gasteiger partial charge is 0.279 e. The Hall–Kier alpha value is -2.22. The van der Waals surface area contributed by atoms with Crippen molar-refractivity contribution in [2.75, 3.05) is 25.0 Å². The van der Waals surface area contributed by atoms with Crippen LogP contribution in [0.4, 0.5) is 5.69 Å². The molecule has 7 heteroatoms. The molecule has 1 aliphatic heterocycles. The Morgan fingerprint density at radius 2 is 1.66 bits per heavy atom. The number of anilines is 1. The van der Waals surface area contributed by atoms with Crippen LogP contribution in [0.15, 0.2) is 59.5 Å². The Labute approximate surface area is 173 Å². The van der Waals surface area contributed by atoms with Crippen LogP contribution in [0.5, 0.6) is 0 Å². The van der Waals surface area contributed by atoms with Crippen LogP contribution < -0.4 is 10.6 Å². The van der Waals surface area contributed by atoms with E-state index in [1.165, 1.54) is 9.87 Å². The van der Waals surface area contributed by atoms with Crippen molar-refractivity contribution in [1.82, 2.24) is 4.31 Å². The summed E-state index contributed by atoms with van der Waals surface area (Å²) in [4.78, 5) is 12.7. The number of nitrogens with two attached hydrogens (primary N) is 1. The first-order valence-electron chi connectivity index (χ1n) is 10.2. The summed E-state index contributed by atoms with van der Waals surface area (Å²) in [5.74, 6) is 0.280. The van der Waals surface area contributed by atoms with Gasteiger partial charge in [0.2, 0.25) is 10.0 Å². The van der Waals surface area contributed by atoms with Gasteiger partial charge in [-0.25, -0.2) is 8.42 Å². The lowest BCUT2D eigenvalue weighted by Gasteiger charge is -2.19. The first kappa shape index (κ1) is 21.5. The monoisotopic (exact) mass is 416 g/mol. The standard InChI is InChI=1S/C22H29N3O3S/c1-17(2)22(18-8-4-3-5-9-18)23-16-21(26)24-19-10-12-20(13-11-19)29(27,28)25-14-6-7-15-25/h3-5,8-13,17,22-23H,6-7,14-16H2,1-2H3,(H,24,26)/p+1/t22-/m0/s1. The van der Waals surface area contributed by atoms with E-state index >= 15 is 0 Å². The van der Waals surface area contributed by atoms with Gasteiger partial charge in [0.1, 0.15) is 6.04 Å². The number of hydrogen-bond donors (Lipinski definition) is 2. The summed E-state index contributed by atoms with van der Waals surface area (Å²) >= 11 is 0. The lowest BCUT2D eigenvalue weighted by molar-refractivity contribution is -0.692. The van der Waals surface area contributed by atoms with Gasteiger partial charge in [-0.2, -0.15) is 4.31 Å². The third-order valence-electron chi connectivity index (χ3n) is 5.30. The van der Waals surface area contributed by atoms with Crippen molar-refractivity contribution in [2.24, 2.45) is 5.92 Å². The molecule has 2 aromatic rings. The number of quaternary nitrogens is 1. The molecule has 1 fully saturated rings. The average Bonchev–Trinajstić information content (AvgIpc) is 3.25. The minimum absolute atomic E-state index is 0.110. The van der Waals surface area contributed by atoms with Gasteiger partial charge >= 0.3 is 0 Å². The number of nitrogens with one attached hydrogen (secondary N) is 1. The molecule has 156 valence electrons. The number of sulfonamides is 1. The summed E-state index contributed by atoms with van der Waals surface area (Å²) in [5, 5.41) is 4.90. The Balaban J connectivity index is 1.58. The van der Waals surface area contributed by atoms with E-state index in [4.69, 9.17) is 0 Å². The quantitative estimate of drug-likeness (QED) is 0.693. The summed E-state index contributed by atoms with van der Waals surface area (Å²) in [7, 11) is -3.43. The second-order valence-electron chi connectivity index (χ2n) is 7.80. The molecule has 2 aromatic carbocycles. The van der Waals surface area contributed by atoms with Crippen molar-refractivity contribution < 1.29 is 18.5 Å². The number of amides is 1. The highest BCUT2D eigenvalue weighted by atomic mass is 32.2. The summed E-state index contributed by atoms with van der Waals surface area (Å²) in [6.07, 6.45) is 1.81. The maximum Gasteiger partial charge on any atom is 0.279 e. The molecule has 0 radical (unpaired) electrons. The zero-order valence-corrected chi connectivity index (χ0v) is 17.9. The van der Waals surface area contributed by atoms with E-state index in [1.807, 2.05) is 23.5 Å². The van der Waals surface area contributed by atoms with Crippen molar-refractivity contribution in [3.63, 3.8) is 0 Å². The molecule has 1 atom stereocenters. The van der Waals surface area contributed by atoms with Gasteiger partial charge in [0, 0.05) is 30.3 Å². The maximum absolute atomic E-state index is 12.6. The highest BCUT2D eigenvalue weighted by molar-refractivity contribution is 7.89. The van der Waals surface area contributed by atoms with E-state index in [-0.39, 0.29) is 16.8 Å². The minimum Gasteiger partial charge on any atom is -0.332 e. The molecule has 0 aromatic heterocycles. The van der Waals surface area contributed by atoms with Crippen LogP contribution in [0.25, 0.3) is 0 Å². The van der Waals surface area contributed by atoms with Crippen LogP contribution in [0.1, 0.15) is 38.3 Å². The van der Waals surface area contributed by atoms with Gasteiger partial charge in [0.05, 0.1) is 4.90 Å². The summed E-state index contributed by atoms with van der Waals surface area (Å²) < 4.78 is 26.7. The normalized spacial score (nSPS) is 16.1. The van der Waals surface area contributed by atoms with Crippen LogP contribution in [0, 0.1) is 5.92 Å². The van der Waals surface area contributed by atoms with E-state index in [1.54, 1.807) is 24.3 Å². The molecule has 0 aliphatic carbocycles. The molecule has 29 heavy (non-hydrogen) atoms. The van der Waals surface area contributed by atoms with Crippen molar-refractivity contribution in [3.05, 3.63) is 60.2 Å². The van der Waals surface area contributed by atoms with Crippen LogP contribution in [0.3, 0.4) is 0 Å². The van der Waals surface area contributed by atoms with Crippen LogP contribution >= 0.6 is 0 Å². The van der Waals surface area contributed by atoms with Crippen molar-refractivity contribution >= 4 is 21.6 Å². The molecule has 1 heterocycles. The largest absolute Gasteiger partial charge is 0.332 e. The molecule has 1 amide bonds. The number of hydrogen-bond acceptors (Lipinski definition) is 3. The number of nitrogens with zero attached hydrogens (tertiary/aromatic N) is 1. The van der Waals surface area contributed by atoms with E-state index in [2.05, 4.69) is 31.3 Å². The van der Waals surface area contributed by atoms with Crippen LogP contribution in [-0.2, 0) is 14.8 Å². The van der Waals surface area contributed by atoms with Crippen molar-refractivity contribution in [2.45, 2.75) is 37.6 Å². The average molecular weight is 417 g/mol. The van der Waals surface area contributed by atoms with Crippen LogP contribution in [0.2, 0.25) is 0 Å².